The van der Waals surface area contributed by atoms with Gasteiger partial charge in [0.05, 0.1) is 5.69 Å². The van der Waals surface area contributed by atoms with Gasteiger partial charge in [-0.1, -0.05) is 12.8 Å². The molecule has 1 rings (SSSR count). The number of nitrogens with zero attached hydrogens (tertiary/aromatic N) is 2. The average molecular weight is 260 g/mol. The van der Waals surface area contributed by atoms with Crippen LogP contribution >= 0.6 is 24.3 Å². The zero-order chi connectivity index (χ0) is 11.8. The molecule has 2 amide bonds. The standard InChI is InChI=1S/C9H16N4OS2/c1-13(15)9(14)11-6-5-10-4-2-8-3-7-16-12-8/h3,7,10,15H,2,4-6H2,1H3,(H,11,14). The zero-order valence-corrected chi connectivity index (χ0v) is 10.9. The first-order valence-corrected chi connectivity index (χ1v) is 6.24. The molecule has 0 aliphatic carbocycles. The van der Waals surface area contributed by atoms with Crippen LogP contribution in [-0.2, 0) is 6.42 Å². The highest BCUT2D eigenvalue weighted by molar-refractivity contribution is 7.78. The second kappa shape index (κ2) is 7.48. The van der Waals surface area contributed by atoms with Crippen molar-refractivity contribution in [1.29, 1.82) is 0 Å². The van der Waals surface area contributed by atoms with Gasteiger partial charge in [0.1, 0.15) is 0 Å². The highest BCUT2D eigenvalue weighted by Crippen LogP contribution is 1.99. The summed E-state index contributed by atoms with van der Waals surface area (Å²) in [4.78, 5) is 11.1. The molecule has 0 aliphatic rings. The number of carbonyl (C=O) groups is 1. The molecule has 0 saturated carbocycles. The fourth-order valence-corrected chi connectivity index (χ4v) is 1.72. The summed E-state index contributed by atoms with van der Waals surface area (Å²) in [7, 11) is 1.59. The Hall–Kier alpha value is -0.790. The van der Waals surface area contributed by atoms with Crippen LogP contribution in [0.4, 0.5) is 4.79 Å². The second-order valence-corrected chi connectivity index (χ2v) is 4.51. The maximum absolute atomic E-state index is 11.1. The van der Waals surface area contributed by atoms with Crippen LogP contribution in [0.5, 0.6) is 0 Å². The molecule has 1 heterocycles. The van der Waals surface area contributed by atoms with Crippen molar-refractivity contribution in [2.45, 2.75) is 6.42 Å². The van der Waals surface area contributed by atoms with E-state index >= 15 is 0 Å². The summed E-state index contributed by atoms with van der Waals surface area (Å²) in [5, 5.41) is 7.91. The van der Waals surface area contributed by atoms with Crippen molar-refractivity contribution in [1.82, 2.24) is 19.3 Å². The Balaban J connectivity index is 1.94. The topological polar surface area (TPSA) is 57.3 Å². The van der Waals surface area contributed by atoms with Crippen LogP contribution in [0.1, 0.15) is 5.69 Å². The fraction of sp³-hybridized carbons (Fsp3) is 0.556. The maximum Gasteiger partial charge on any atom is 0.326 e. The van der Waals surface area contributed by atoms with Gasteiger partial charge in [0, 0.05) is 38.5 Å². The molecule has 16 heavy (non-hydrogen) atoms. The molecule has 1 aromatic heterocycles. The first-order chi connectivity index (χ1) is 7.70. The minimum atomic E-state index is -0.190. The predicted molar refractivity (Wildman–Crippen MR) is 68.8 cm³/mol. The van der Waals surface area contributed by atoms with Gasteiger partial charge in [-0.15, -0.1) is 0 Å². The van der Waals surface area contributed by atoms with Crippen LogP contribution in [0.15, 0.2) is 11.4 Å². The van der Waals surface area contributed by atoms with Crippen LogP contribution < -0.4 is 10.6 Å². The van der Waals surface area contributed by atoms with E-state index in [1.807, 2.05) is 11.4 Å². The smallest absolute Gasteiger partial charge is 0.326 e. The number of amides is 2. The van der Waals surface area contributed by atoms with E-state index in [9.17, 15) is 4.79 Å². The Labute approximate surface area is 105 Å². The van der Waals surface area contributed by atoms with Gasteiger partial charge < -0.3 is 10.6 Å². The van der Waals surface area contributed by atoms with E-state index in [2.05, 4.69) is 27.8 Å². The third-order valence-corrected chi connectivity index (χ3v) is 2.70. The van der Waals surface area contributed by atoms with Crippen molar-refractivity contribution in [3.05, 3.63) is 17.1 Å². The lowest BCUT2D eigenvalue weighted by Crippen LogP contribution is -2.36. The summed E-state index contributed by atoms with van der Waals surface area (Å²) in [6.45, 7) is 2.22. The number of thiol groups is 1. The molecule has 7 heteroatoms. The fourth-order valence-electron chi connectivity index (χ4n) is 1.08. The Morgan fingerprint density at radius 2 is 2.38 bits per heavy atom. The molecular weight excluding hydrogens is 244 g/mol. The number of rotatable bonds is 6. The Kier molecular flexibility index (Phi) is 6.20. The van der Waals surface area contributed by atoms with Crippen molar-refractivity contribution >= 4 is 30.4 Å². The average Bonchev–Trinajstić information content (AvgIpc) is 2.75. The van der Waals surface area contributed by atoms with E-state index in [-0.39, 0.29) is 6.03 Å². The lowest BCUT2D eigenvalue weighted by molar-refractivity contribution is 0.231. The van der Waals surface area contributed by atoms with E-state index in [0.717, 1.165) is 25.2 Å². The molecule has 0 radical (unpaired) electrons. The summed E-state index contributed by atoms with van der Waals surface area (Å²) in [5.74, 6) is 0. The van der Waals surface area contributed by atoms with Crippen LogP contribution in [-0.4, -0.2) is 41.4 Å². The lowest BCUT2D eigenvalue weighted by atomic mass is 10.3. The normalized spacial score (nSPS) is 10.1. The van der Waals surface area contributed by atoms with Crippen molar-refractivity contribution in [2.75, 3.05) is 26.7 Å². The highest BCUT2D eigenvalue weighted by Gasteiger charge is 2.01. The maximum atomic E-state index is 11.1. The van der Waals surface area contributed by atoms with Crippen LogP contribution in [0.2, 0.25) is 0 Å². The van der Waals surface area contributed by atoms with E-state index in [4.69, 9.17) is 0 Å². The molecule has 0 atom stereocenters. The van der Waals surface area contributed by atoms with Crippen molar-refractivity contribution in [2.24, 2.45) is 0 Å². The quantitative estimate of drug-likeness (QED) is 0.523. The zero-order valence-electron chi connectivity index (χ0n) is 9.14. The number of urea groups is 1. The Morgan fingerprint density at radius 1 is 1.56 bits per heavy atom. The minimum Gasteiger partial charge on any atom is -0.336 e. The molecule has 90 valence electrons. The molecule has 0 aliphatic heterocycles. The molecule has 0 spiro atoms. The predicted octanol–water partition coefficient (Wildman–Crippen LogP) is 0.761. The van der Waals surface area contributed by atoms with Crippen molar-refractivity contribution in [3.63, 3.8) is 0 Å². The van der Waals surface area contributed by atoms with Gasteiger partial charge in [0.25, 0.3) is 0 Å². The summed E-state index contributed by atoms with van der Waals surface area (Å²) in [6, 6.07) is 1.83. The molecular formula is C9H16N4OS2. The van der Waals surface area contributed by atoms with E-state index in [0.29, 0.717) is 6.54 Å². The molecule has 2 N–H and O–H groups in total. The SMILES string of the molecule is CN(S)C(=O)NCCNCCc1ccsn1. The number of hydrogen-bond acceptors (Lipinski definition) is 5. The van der Waals surface area contributed by atoms with Gasteiger partial charge >= 0.3 is 6.03 Å². The second-order valence-electron chi connectivity index (χ2n) is 3.25. The van der Waals surface area contributed by atoms with Crippen LogP contribution in [0, 0.1) is 0 Å². The molecule has 0 saturated heterocycles. The first kappa shape index (κ1) is 13.3. The molecule has 0 fully saturated rings. The van der Waals surface area contributed by atoms with Gasteiger partial charge in [-0.2, -0.15) is 4.37 Å². The number of carbonyl (C=O) groups excluding carboxylic acids is 1. The lowest BCUT2D eigenvalue weighted by Gasteiger charge is -2.10. The van der Waals surface area contributed by atoms with Gasteiger partial charge in [0.15, 0.2) is 0 Å². The van der Waals surface area contributed by atoms with Crippen molar-refractivity contribution < 1.29 is 4.79 Å². The molecule has 0 bridgehead atoms. The van der Waals surface area contributed by atoms with Gasteiger partial charge in [-0.3, -0.25) is 4.31 Å². The molecule has 0 unspecified atom stereocenters. The monoisotopic (exact) mass is 260 g/mol. The van der Waals surface area contributed by atoms with Gasteiger partial charge in [0.2, 0.25) is 0 Å². The summed E-state index contributed by atoms with van der Waals surface area (Å²) >= 11 is 5.34. The summed E-state index contributed by atoms with van der Waals surface area (Å²) < 4.78 is 5.42. The van der Waals surface area contributed by atoms with E-state index in [1.54, 1.807) is 7.05 Å². The van der Waals surface area contributed by atoms with Crippen LogP contribution in [0.3, 0.4) is 0 Å². The summed E-state index contributed by atoms with van der Waals surface area (Å²) in [5.41, 5.74) is 1.11. The molecule has 5 nitrogen and oxygen atoms in total. The van der Waals surface area contributed by atoms with Gasteiger partial charge in [-0.05, 0) is 17.6 Å². The number of aromatic nitrogens is 1. The first-order valence-electron chi connectivity index (χ1n) is 5.00. The van der Waals surface area contributed by atoms with Crippen molar-refractivity contribution in [3.8, 4) is 0 Å². The highest BCUT2D eigenvalue weighted by atomic mass is 32.1. The van der Waals surface area contributed by atoms with Crippen LogP contribution in [0.25, 0.3) is 0 Å². The third kappa shape index (κ3) is 5.34. The Bertz CT molecular complexity index is 302. The number of nitrogens with one attached hydrogen (secondary N) is 2. The minimum absolute atomic E-state index is 0.190. The molecule has 0 aromatic carbocycles. The van der Waals surface area contributed by atoms with Gasteiger partial charge in [-0.25, -0.2) is 4.79 Å². The number of hydrogen-bond donors (Lipinski definition) is 3. The molecule has 1 aromatic rings. The van der Waals surface area contributed by atoms with E-state index < -0.39 is 0 Å². The third-order valence-electron chi connectivity index (χ3n) is 1.92. The summed E-state index contributed by atoms with van der Waals surface area (Å²) in [6.07, 6.45) is 0.921. The largest absolute Gasteiger partial charge is 0.336 e. The van der Waals surface area contributed by atoms with E-state index in [1.165, 1.54) is 15.8 Å². The Morgan fingerprint density at radius 3 is 3.00 bits per heavy atom.